The van der Waals surface area contributed by atoms with E-state index in [4.69, 9.17) is 35.0 Å². The average Bonchev–Trinajstić information content (AvgIpc) is 1.93. The first-order chi connectivity index (χ1) is 7.63. The topological polar surface area (TPSA) is 229 Å². The van der Waals surface area contributed by atoms with E-state index < -0.39 is 32.7 Å². The Balaban J connectivity index is -0.0000000558. The van der Waals surface area contributed by atoms with E-state index in [1.165, 1.54) is 0 Å². The number of hydrogen-bond donors (Lipinski definition) is 4. The maximum Gasteiger partial charge on any atom is 1.00 e. The van der Waals surface area contributed by atoms with Crippen molar-refractivity contribution in [1.82, 2.24) is 0 Å². The van der Waals surface area contributed by atoms with Crippen LogP contribution in [0.1, 0.15) is 0 Å². The van der Waals surface area contributed by atoms with E-state index in [9.17, 15) is 19.8 Å². The van der Waals surface area contributed by atoms with Gasteiger partial charge < -0.3 is 19.8 Å². The van der Waals surface area contributed by atoms with Gasteiger partial charge in [0.2, 0.25) is 0 Å². The monoisotopic (exact) mass is 356 g/mol. The van der Waals surface area contributed by atoms with Crippen LogP contribution in [0.2, 0.25) is 0 Å². The number of carboxylic acid groups (broad SMARTS) is 2. The van der Waals surface area contributed by atoms with Crippen LogP contribution in [0.5, 0.6) is 0 Å². The van der Waals surface area contributed by atoms with Gasteiger partial charge in [0.15, 0.2) is 0 Å². The molecule has 20 heavy (non-hydrogen) atoms. The van der Waals surface area contributed by atoms with Gasteiger partial charge in [-0.3, -0.25) is 18.2 Å². The third-order valence-electron chi connectivity index (χ3n) is 0.355. The van der Waals surface area contributed by atoms with Crippen LogP contribution in [0.4, 0.5) is 0 Å². The Morgan fingerprint density at radius 2 is 0.800 bits per heavy atom. The molecule has 12 nitrogen and oxygen atoms in total. The normalized spacial score (nSPS) is 9.60. The van der Waals surface area contributed by atoms with Crippen LogP contribution < -0.4 is 69.3 Å². The Kier molecular flexibility index (Phi) is 25.6. The largest absolute Gasteiger partial charge is 1.00 e. The van der Waals surface area contributed by atoms with Gasteiger partial charge in [-0.2, -0.15) is 16.8 Å². The molecule has 0 radical (unpaired) electrons. The molecule has 0 heterocycles. The molecule has 0 aromatic carbocycles. The van der Waals surface area contributed by atoms with Gasteiger partial charge in [0.05, 0.1) is 11.9 Å². The molecule has 0 saturated heterocycles. The molecule has 0 saturated carbocycles. The maximum absolute atomic E-state index is 9.41. The molecule has 0 fully saturated rings. The summed E-state index contributed by atoms with van der Waals surface area (Å²) < 4.78 is 63.2. The van der Waals surface area contributed by atoms with Gasteiger partial charge >= 0.3 is 79.9 Å². The molecule has 108 valence electrons. The number of aliphatic carboxylic acids is 2. The zero-order valence-corrected chi connectivity index (χ0v) is 15.7. The number of carbonyl (C=O) groups is 2. The Morgan fingerprint density at radius 1 is 0.700 bits per heavy atom. The van der Waals surface area contributed by atoms with E-state index in [1.807, 2.05) is 0 Å². The number of hydrogen-bond acceptors (Lipinski definition) is 8. The van der Waals surface area contributed by atoms with Gasteiger partial charge in [-0.15, -0.1) is 0 Å². The summed E-state index contributed by atoms with van der Waals surface area (Å²) in [7, 11) is -9.33. The molecule has 0 aromatic rings. The molecule has 0 aliphatic carbocycles. The van der Waals surface area contributed by atoms with E-state index in [-0.39, 0.29) is 59.1 Å². The third-order valence-corrected chi connectivity index (χ3v) is 0.355. The van der Waals surface area contributed by atoms with Crippen LogP contribution >= 0.6 is 0 Å². The fourth-order valence-corrected chi connectivity index (χ4v) is 0.136. The molecule has 0 spiro atoms. The zero-order chi connectivity index (χ0) is 15.6. The Hall–Kier alpha value is 0.420. The number of carboxylic acids is 2. The fourth-order valence-electron chi connectivity index (χ4n) is 0.136. The average molecular weight is 356 g/mol. The minimum absolute atomic E-state index is 0. The van der Waals surface area contributed by atoms with Crippen molar-refractivity contribution in [3.63, 3.8) is 0 Å². The Labute approximate surface area is 157 Å². The summed E-state index contributed by atoms with van der Waals surface area (Å²) in [6.45, 7) is 0. The van der Waals surface area contributed by atoms with Gasteiger partial charge in [-0.05, 0) is 12.2 Å². The van der Waals surface area contributed by atoms with E-state index in [2.05, 4.69) is 0 Å². The van der Waals surface area contributed by atoms with E-state index in [0.29, 0.717) is 12.2 Å². The summed E-state index contributed by atoms with van der Waals surface area (Å²) in [5, 5.41) is 18.8. The molecule has 16 heteroatoms. The summed E-state index contributed by atoms with van der Waals surface area (Å²) in [6.07, 6.45) is 0.769. The first-order valence-electron chi connectivity index (χ1n) is 3.12. The van der Waals surface area contributed by atoms with Crippen molar-refractivity contribution >= 4 is 32.7 Å². The second-order valence-electron chi connectivity index (χ2n) is 1.87. The van der Waals surface area contributed by atoms with Crippen LogP contribution in [0.15, 0.2) is 12.2 Å². The van der Waals surface area contributed by atoms with Crippen molar-refractivity contribution < 1.29 is 114 Å². The summed E-state index contributed by atoms with van der Waals surface area (Å²) in [4.78, 5) is 18.8. The van der Waals surface area contributed by atoms with Gasteiger partial charge in [-0.1, -0.05) is 0 Å². The van der Waals surface area contributed by atoms with Crippen LogP contribution in [0.25, 0.3) is 0 Å². The summed E-state index contributed by atoms with van der Waals surface area (Å²) in [5.74, 6) is -3.09. The number of rotatable bonds is 2. The van der Waals surface area contributed by atoms with Crippen LogP contribution in [0.3, 0.4) is 0 Å². The first-order valence-corrected chi connectivity index (χ1v) is 5.92. The molecule has 0 unspecified atom stereocenters. The standard InChI is InChI=1S/C4H4O4.2Na.2H2O4S/c5-3(6)1-2-4(7)8;;;2*1-5(2,3)4/h1-2H,(H,5,6)(H,7,8);;;2*(H2,1,2,3,4)/q;2*+1;;/p-2/b2-1+;;;;. The van der Waals surface area contributed by atoms with E-state index in [1.54, 1.807) is 0 Å². The van der Waals surface area contributed by atoms with Crippen LogP contribution in [-0.2, 0) is 30.4 Å². The van der Waals surface area contributed by atoms with Crippen LogP contribution in [-0.4, -0.2) is 47.0 Å². The minimum atomic E-state index is -4.67. The van der Waals surface area contributed by atoms with Gasteiger partial charge in [0.25, 0.3) is 0 Å². The third kappa shape index (κ3) is 190. The zero-order valence-electron chi connectivity index (χ0n) is 10.0. The molecule has 0 rings (SSSR count). The molecule has 0 amide bonds. The van der Waals surface area contributed by atoms with Gasteiger partial charge in [0.1, 0.15) is 0 Å². The molecule has 0 atom stereocenters. The first kappa shape index (κ1) is 32.4. The van der Waals surface area contributed by atoms with Crippen molar-refractivity contribution in [3.05, 3.63) is 12.2 Å². The molecular weight excluding hydrogens is 350 g/mol. The summed E-state index contributed by atoms with van der Waals surface area (Å²) >= 11 is 0. The smallest absolute Gasteiger partial charge is 0.545 e. The number of carbonyl (C=O) groups excluding carboxylic acids is 2. The minimum Gasteiger partial charge on any atom is -0.545 e. The summed E-state index contributed by atoms with van der Waals surface area (Å²) in [6, 6.07) is 0. The van der Waals surface area contributed by atoms with Crippen molar-refractivity contribution in [2.24, 2.45) is 0 Å². The predicted molar refractivity (Wildman–Crippen MR) is 47.5 cm³/mol. The maximum atomic E-state index is 9.41. The molecule has 0 bridgehead atoms. The molecule has 0 aromatic heterocycles. The Bertz CT molecular complexity index is 428. The second kappa shape index (κ2) is 15.8. The molecule has 0 aliphatic rings. The summed E-state index contributed by atoms with van der Waals surface area (Å²) in [5.41, 5.74) is 0. The van der Waals surface area contributed by atoms with Crippen LogP contribution in [0, 0.1) is 0 Å². The molecule has 4 N–H and O–H groups in total. The van der Waals surface area contributed by atoms with Crippen molar-refractivity contribution in [3.8, 4) is 0 Å². The SMILES string of the molecule is O=C([O-])/C=C/C(=O)[O-].O=S(=O)(O)O.O=S(=O)(O)O.[Na+].[Na+]. The quantitative estimate of drug-likeness (QED) is 0.205. The fraction of sp³-hybridized carbons (Fsp3) is 0. The van der Waals surface area contributed by atoms with E-state index in [0.717, 1.165) is 0 Å². The molecular formula is C4H6Na2O12S2. The van der Waals surface area contributed by atoms with Crippen molar-refractivity contribution in [2.75, 3.05) is 0 Å². The van der Waals surface area contributed by atoms with Crippen molar-refractivity contribution in [2.45, 2.75) is 0 Å². The predicted octanol–water partition coefficient (Wildman–Crippen LogP) is -10.3. The van der Waals surface area contributed by atoms with E-state index >= 15 is 0 Å². The Morgan fingerprint density at radius 3 is 0.850 bits per heavy atom. The van der Waals surface area contributed by atoms with Crippen molar-refractivity contribution in [1.29, 1.82) is 0 Å². The second-order valence-corrected chi connectivity index (χ2v) is 3.66. The van der Waals surface area contributed by atoms with Gasteiger partial charge in [0, 0.05) is 0 Å². The molecule has 0 aliphatic heterocycles. The van der Waals surface area contributed by atoms with Gasteiger partial charge in [-0.25, -0.2) is 0 Å².